The zero-order chi connectivity index (χ0) is 12.1. The van der Waals surface area contributed by atoms with Crippen LogP contribution in [-0.4, -0.2) is 11.6 Å². The summed E-state index contributed by atoms with van der Waals surface area (Å²) in [4.78, 5) is 0. The van der Waals surface area contributed by atoms with Gasteiger partial charge in [0.2, 0.25) is 0 Å². The number of rotatable bonds is 3. The minimum Gasteiger partial charge on any atom is -0.299 e. The van der Waals surface area contributed by atoms with Crippen LogP contribution in [0, 0.1) is 0 Å². The Labute approximate surface area is 98.3 Å². The number of likely N-dealkylation sites (N-methyl/N-ethyl adjacent to an activating group) is 1. The van der Waals surface area contributed by atoms with Crippen LogP contribution in [0.4, 0.5) is 0 Å². The number of allylic oxidation sites excluding steroid dienone is 6. The minimum absolute atomic E-state index is 0.864. The van der Waals surface area contributed by atoms with Crippen molar-refractivity contribution in [1.29, 1.82) is 0 Å². The van der Waals surface area contributed by atoms with E-state index >= 15 is 0 Å². The first-order valence-electron chi connectivity index (χ1n) is 5.55. The average molecular weight is 216 g/mol. The predicted molar refractivity (Wildman–Crippen MR) is 70.4 cm³/mol. The van der Waals surface area contributed by atoms with E-state index in [0.29, 0.717) is 0 Å². The third kappa shape index (κ3) is 2.45. The van der Waals surface area contributed by atoms with E-state index in [9.17, 15) is 0 Å². The maximum Gasteiger partial charge on any atom is 0.0638 e. The van der Waals surface area contributed by atoms with Gasteiger partial charge in [0.25, 0.3) is 0 Å². The van der Waals surface area contributed by atoms with E-state index in [-0.39, 0.29) is 0 Å². The highest BCUT2D eigenvalue weighted by atomic mass is 15.5. The van der Waals surface area contributed by atoms with Crippen LogP contribution in [0.15, 0.2) is 60.0 Å². The van der Waals surface area contributed by atoms with Crippen molar-refractivity contribution < 1.29 is 0 Å². The Morgan fingerprint density at radius 3 is 2.69 bits per heavy atom. The van der Waals surface area contributed by atoms with Gasteiger partial charge < -0.3 is 0 Å². The fourth-order valence-electron chi connectivity index (χ4n) is 1.65. The SMILES string of the molecule is C=CC1=C(/C=C\C)C=C(C)C(=C)NN1CC. The number of nitrogens with zero attached hydrogens (tertiary/aromatic N) is 1. The smallest absolute Gasteiger partial charge is 0.0638 e. The average Bonchev–Trinajstić information content (AvgIpc) is 2.38. The molecule has 0 saturated carbocycles. The molecule has 0 aliphatic carbocycles. The molecule has 86 valence electrons. The van der Waals surface area contributed by atoms with E-state index in [1.54, 1.807) is 0 Å². The van der Waals surface area contributed by atoms with Gasteiger partial charge in [-0.3, -0.25) is 10.4 Å². The van der Waals surface area contributed by atoms with Crippen molar-refractivity contribution in [3.05, 3.63) is 60.0 Å². The fraction of sp³-hybridized carbons (Fsp3) is 0.286. The summed E-state index contributed by atoms with van der Waals surface area (Å²) in [5.74, 6) is 0. The summed E-state index contributed by atoms with van der Waals surface area (Å²) in [5.41, 5.74) is 7.59. The Kier molecular flexibility index (Phi) is 4.18. The molecule has 0 aromatic heterocycles. The Balaban J connectivity index is 3.29. The van der Waals surface area contributed by atoms with Crippen LogP contribution in [0.25, 0.3) is 0 Å². The molecule has 0 radical (unpaired) electrons. The Bertz CT molecular complexity index is 384. The van der Waals surface area contributed by atoms with Gasteiger partial charge in [0.05, 0.1) is 5.70 Å². The minimum atomic E-state index is 0.864. The molecule has 1 heterocycles. The van der Waals surface area contributed by atoms with Gasteiger partial charge in [-0.1, -0.05) is 25.3 Å². The highest BCUT2D eigenvalue weighted by molar-refractivity contribution is 5.46. The van der Waals surface area contributed by atoms with Crippen molar-refractivity contribution in [2.24, 2.45) is 0 Å². The van der Waals surface area contributed by atoms with E-state index < -0.39 is 0 Å². The van der Waals surface area contributed by atoms with Crippen molar-refractivity contribution in [3.8, 4) is 0 Å². The van der Waals surface area contributed by atoms with E-state index in [4.69, 9.17) is 0 Å². The van der Waals surface area contributed by atoms with Crippen molar-refractivity contribution in [3.63, 3.8) is 0 Å². The van der Waals surface area contributed by atoms with Gasteiger partial charge in [-0.15, -0.1) is 0 Å². The van der Waals surface area contributed by atoms with E-state index in [2.05, 4.69) is 49.6 Å². The quantitative estimate of drug-likeness (QED) is 0.778. The fourth-order valence-corrected chi connectivity index (χ4v) is 1.65. The zero-order valence-electron chi connectivity index (χ0n) is 10.4. The molecule has 1 aliphatic heterocycles. The van der Waals surface area contributed by atoms with Crippen LogP contribution in [0.2, 0.25) is 0 Å². The van der Waals surface area contributed by atoms with Gasteiger partial charge in [0.1, 0.15) is 0 Å². The number of hydrazine groups is 1. The molecular formula is C14H20N2. The molecule has 0 spiro atoms. The predicted octanol–water partition coefficient (Wildman–Crippen LogP) is 3.30. The lowest BCUT2D eigenvalue weighted by atomic mass is 10.1. The third-order valence-corrected chi connectivity index (χ3v) is 2.56. The molecule has 0 bridgehead atoms. The second-order valence-corrected chi connectivity index (χ2v) is 3.71. The van der Waals surface area contributed by atoms with Gasteiger partial charge >= 0.3 is 0 Å². The highest BCUT2D eigenvalue weighted by Gasteiger charge is 2.13. The Hall–Kier alpha value is -1.70. The number of hydrogen-bond acceptors (Lipinski definition) is 2. The molecule has 0 aromatic carbocycles. The topological polar surface area (TPSA) is 15.3 Å². The summed E-state index contributed by atoms with van der Waals surface area (Å²) in [7, 11) is 0. The Morgan fingerprint density at radius 2 is 2.19 bits per heavy atom. The first-order chi connectivity index (χ1) is 7.63. The third-order valence-electron chi connectivity index (χ3n) is 2.56. The summed E-state index contributed by atoms with van der Waals surface area (Å²) in [6.45, 7) is 14.9. The van der Waals surface area contributed by atoms with Crippen LogP contribution < -0.4 is 5.43 Å². The van der Waals surface area contributed by atoms with Gasteiger partial charge in [0, 0.05) is 12.2 Å². The van der Waals surface area contributed by atoms with Crippen molar-refractivity contribution in [2.45, 2.75) is 20.8 Å². The summed E-state index contributed by atoms with van der Waals surface area (Å²) in [5, 5.41) is 2.05. The monoisotopic (exact) mass is 216 g/mol. The maximum absolute atomic E-state index is 4.01. The van der Waals surface area contributed by atoms with E-state index in [1.165, 1.54) is 0 Å². The number of hydrogen-bond donors (Lipinski definition) is 1. The molecule has 0 unspecified atom stereocenters. The second-order valence-electron chi connectivity index (χ2n) is 3.71. The largest absolute Gasteiger partial charge is 0.299 e. The molecule has 16 heavy (non-hydrogen) atoms. The lowest BCUT2D eigenvalue weighted by Gasteiger charge is -2.26. The number of nitrogens with one attached hydrogen (secondary N) is 1. The molecule has 0 aromatic rings. The van der Waals surface area contributed by atoms with Crippen LogP contribution in [0.1, 0.15) is 20.8 Å². The van der Waals surface area contributed by atoms with Crippen molar-refractivity contribution in [1.82, 2.24) is 10.4 Å². The summed E-state index contributed by atoms with van der Waals surface area (Å²) < 4.78 is 0. The van der Waals surface area contributed by atoms with Gasteiger partial charge in [-0.2, -0.15) is 0 Å². The van der Waals surface area contributed by atoms with Crippen molar-refractivity contribution >= 4 is 0 Å². The first kappa shape index (κ1) is 12.4. The molecule has 1 aliphatic rings. The van der Waals surface area contributed by atoms with Crippen LogP contribution >= 0.6 is 0 Å². The normalized spacial score (nSPS) is 17.3. The maximum atomic E-state index is 4.01. The highest BCUT2D eigenvalue weighted by Crippen LogP contribution is 2.21. The Morgan fingerprint density at radius 1 is 1.50 bits per heavy atom. The molecule has 0 saturated heterocycles. The summed E-state index contributed by atoms with van der Waals surface area (Å²) >= 11 is 0. The van der Waals surface area contributed by atoms with Crippen LogP contribution in [0.3, 0.4) is 0 Å². The standard InChI is InChI=1S/C14H20N2/c1-6-9-13-10-11(4)12(5)15-16(8-3)14(13)7-2/h6-7,9-10,15H,2,5,8H2,1,3-4H3/b9-6-. The van der Waals surface area contributed by atoms with Gasteiger partial charge in [-0.25, -0.2) is 0 Å². The van der Waals surface area contributed by atoms with E-state index in [1.807, 2.05) is 19.1 Å². The molecule has 1 N–H and O–H groups in total. The molecule has 0 fully saturated rings. The van der Waals surface area contributed by atoms with E-state index in [0.717, 1.165) is 29.1 Å². The lowest BCUT2D eigenvalue weighted by molar-refractivity contribution is 0.303. The molecule has 2 nitrogen and oxygen atoms in total. The first-order valence-corrected chi connectivity index (χ1v) is 5.55. The van der Waals surface area contributed by atoms with Gasteiger partial charge in [-0.05, 0) is 44.1 Å². The summed E-state index contributed by atoms with van der Waals surface area (Å²) in [6.07, 6.45) is 8.12. The van der Waals surface area contributed by atoms with Crippen LogP contribution in [0.5, 0.6) is 0 Å². The lowest BCUT2D eigenvalue weighted by Crippen LogP contribution is -2.35. The zero-order valence-corrected chi connectivity index (χ0v) is 10.4. The second kappa shape index (κ2) is 5.40. The van der Waals surface area contributed by atoms with Crippen LogP contribution in [-0.2, 0) is 0 Å². The molecule has 2 heteroatoms. The molecule has 0 amide bonds. The molecule has 0 atom stereocenters. The van der Waals surface area contributed by atoms with Gasteiger partial charge in [0.15, 0.2) is 0 Å². The molecule has 1 rings (SSSR count). The molecular weight excluding hydrogens is 196 g/mol. The van der Waals surface area contributed by atoms with Crippen molar-refractivity contribution in [2.75, 3.05) is 6.54 Å². The summed E-state index contributed by atoms with van der Waals surface area (Å²) in [6, 6.07) is 0.